The van der Waals surface area contributed by atoms with E-state index in [1.165, 1.54) is 28.8 Å². The van der Waals surface area contributed by atoms with Gasteiger partial charge in [0.05, 0.1) is 11.8 Å². The number of nitrogens with one attached hydrogen (secondary N) is 1. The van der Waals surface area contributed by atoms with Gasteiger partial charge in [-0.25, -0.2) is 17.1 Å². The minimum absolute atomic E-state index is 0.226. The van der Waals surface area contributed by atoms with Crippen LogP contribution in [0.5, 0.6) is 0 Å². The molecular weight excluding hydrogens is 371 g/mol. The number of benzene rings is 1. The first-order valence-corrected chi connectivity index (χ1v) is 10.5. The molecule has 0 radical (unpaired) electrons. The minimum atomic E-state index is -3.26. The van der Waals surface area contributed by atoms with Crippen LogP contribution in [-0.2, 0) is 14.8 Å². The van der Waals surface area contributed by atoms with Crippen molar-refractivity contribution in [1.82, 2.24) is 9.62 Å². The molecule has 0 aliphatic carbocycles. The molecule has 1 saturated heterocycles. The van der Waals surface area contributed by atoms with E-state index in [9.17, 15) is 17.6 Å². The van der Waals surface area contributed by atoms with Gasteiger partial charge in [0, 0.05) is 25.2 Å². The summed E-state index contributed by atoms with van der Waals surface area (Å²) in [6.07, 6.45) is 5.41. The quantitative estimate of drug-likeness (QED) is 0.794. The Hall–Kier alpha value is -2.45. The fourth-order valence-corrected chi connectivity index (χ4v) is 3.93. The summed E-state index contributed by atoms with van der Waals surface area (Å²) in [5.41, 5.74) is 0.352. The van der Waals surface area contributed by atoms with Crippen molar-refractivity contribution in [3.05, 3.63) is 54.1 Å². The Morgan fingerprint density at radius 3 is 2.81 bits per heavy atom. The van der Waals surface area contributed by atoms with E-state index in [2.05, 4.69) is 5.32 Å². The molecule has 0 spiro atoms. The number of amides is 1. The smallest absolute Gasteiger partial charge is 0.244 e. The second-order valence-corrected chi connectivity index (χ2v) is 8.47. The van der Waals surface area contributed by atoms with E-state index < -0.39 is 10.0 Å². The highest BCUT2D eigenvalue weighted by Crippen LogP contribution is 2.25. The van der Waals surface area contributed by atoms with E-state index in [4.69, 9.17) is 4.42 Å². The van der Waals surface area contributed by atoms with Crippen LogP contribution in [0, 0.1) is 5.82 Å². The van der Waals surface area contributed by atoms with Crippen LogP contribution in [0.2, 0.25) is 0 Å². The molecule has 1 unspecified atom stereocenters. The average Bonchev–Trinajstić information content (AvgIpc) is 3.09. The summed E-state index contributed by atoms with van der Waals surface area (Å²) < 4.78 is 44.0. The number of carbonyl (C=O) groups is 1. The summed E-state index contributed by atoms with van der Waals surface area (Å²) in [5.74, 6) is 0.0843. The van der Waals surface area contributed by atoms with Crippen LogP contribution in [0.4, 0.5) is 4.39 Å². The molecule has 1 aromatic carbocycles. The molecule has 1 aliphatic heterocycles. The van der Waals surface area contributed by atoms with E-state index in [-0.39, 0.29) is 24.3 Å². The molecule has 1 aliphatic rings. The number of sulfonamides is 1. The molecule has 1 N–H and O–H groups in total. The fourth-order valence-electron chi connectivity index (χ4n) is 3.02. The van der Waals surface area contributed by atoms with Crippen molar-refractivity contribution >= 4 is 22.0 Å². The molecule has 2 aromatic rings. The number of furan rings is 1. The number of carbonyl (C=O) groups excluding carboxylic acids is 1. The lowest BCUT2D eigenvalue weighted by Gasteiger charge is -2.31. The Labute approximate surface area is 157 Å². The van der Waals surface area contributed by atoms with Crippen molar-refractivity contribution in [2.24, 2.45) is 0 Å². The van der Waals surface area contributed by atoms with Gasteiger partial charge in [-0.15, -0.1) is 0 Å². The van der Waals surface area contributed by atoms with Crippen LogP contribution in [0.1, 0.15) is 18.6 Å². The number of hydrogen-bond donors (Lipinski definition) is 1. The van der Waals surface area contributed by atoms with Crippen molar-refractivity contribution in [1.29, 1.82) is 0 Å². The molecule has 0 saturated carbocycles. The lowest BCUT2D eigenvalue weighted by molar-refractivity contribution is -0.117. The van der Waals surface area contributed by atoms with Gasteiger partial charge < -0.3 is 9.73 Å². The molecule has 27 heavy (non-hydrogen) atoms. The molecule has 0 bridgehead atoms. The average molecular weight is 392 g/mol. The van der Waals surface area contributed by atoms with Crippen molar-refractivity contribution in [2.75, 3.05) is 19.3 Å². The van der Waals surface area contributed by atoms with Crippen molar-refractivity contribution in [3.63, 3.8) is 0 Å². The summed E-state index contributed by atoms with van der Waals surface area (Å²) in [6.45, 7) is 0.753. The normalized spacial score (nSPS) is 18.7. The van der Waals surface area contributed by atoms with Gasteiger partial charge in [0.1, 0.15) is 17.3 Å². The molecule has 2 heterocycles. The Morgan fingerprint density at radius 1 is 1.30 bits per heavy atom. The van der Waals surface area contributed by atoms with Crippen LogP contribution in [0.15, 0.2) is 46.9 Å². The number of hydrogen-bond acceptors (Lipinski definition) is 4. The summed E-state index contributed by atoms with van der Waals surface area (Å²) in [7, 11) is -3.26. The molecule has 144 valence electrons. The van der Waals surface area contributed by atoms with Crippen molar-refractivity contribution in [2.45, 2.75) is 18.9 Å². The first-order chi connectivity index (χ1) is 12.8. The minimum Gasteiger partial charge on any atom is -0.457 e. The van der Waals surface area contributed by atoms with Gasteiger partial charge >= 0.3 is 0 Å². The van der Waals surface area contributed by atoms with Gasteiger partial charge in [0.15, 0.2) is 0 Å². The molecule has 1 fully saturated rings. The molecule has 1 amide bonds. The van der Waals surface area contributed by atoms with E-state index in [0.29, 0.717) is 30.0 Å². The highest BCUT2D eigenvalue weighted by atomic mass is 32.2. The van der Waals surface area contributed by atoms with E-state index in [0.717, 1.165) is 6.42 Å². The Morgan fingerprint density at radius 2 is 2.07 bits per heavy atom. The topological polar surface area (TPSA) is 79.6 Å². The highest BCUT2D eigenvalue weighted by molar-refractivity contribution is 7.88. The van der Waals surface area contributed by atoms with E-state index in [1.807, 2.05) is 0 Å². The SMILES string of the molecule is CS(=O)(=O)N1CCCC(NC(=O)C=Cc2ccc(-c3ccccc3F)o2)C1. The molecule has 6 nitrogen and oxygen atoms in total. The Kier molecular flexibility index (Phi) is 5.76. The number of rotatable bonds is 5. The van der Waals surface area contributed by atoms with Crippen LogP contribution in [0.3, 0.4) is 0 Å². The number of halogens is 1. The zero-order chi connectivity index (χ0) is 19.4. The molecule has 1 aromatic heterocycles. The van der Waals surface area contributed by atoms with Crippen LogP contribution in [-0.4, -0.2) is 44.0 Å². The fraction of sp³-hybridized carbons (Fsp3) is 0.316. The van der Waals surface area contributed by atoms with Gasteiger partial charge in [-0.2, -0.15) is 0 Å². The second kappa shape index (κ2) is 8.06. The van der Waals surface area contributed by atoms with Gasteiger partial charge in [-0.1, -0.05) is 12.1 Å². The second-order valence-electron chi connectivity index (χ2n) is 6.48. The predicted molar refractivity (Wildman–Crippen MR) is 101 cm³/mol. The van der Waals surface area contributed by atoms with Crippen LogP contribution in [0.25, 0.3) is 17.4 Å². The summed E-state index contributed by atoms with van der Waals surface area (Å²) >= 11 is 0. The Balaban J connectivity index is 1.60. The third-order valence-corrected chi connectivity index (χ3v) is 5.63. The van der Waals surface area contributed by atoms with E-state index in [1.54, 1.807) is 30.3 Å². The maximum Gasteiger partial charge on any atom is 0.244 e. The molecule has 1 atom stereocenters. The molecular formula is C19H21FN2O4S. The van der Waals surface area contributed by atoms with Gasteiger partial charge in [-0.3, -0.25) is 4.79 Å². The van der Waals surface area contributed by atoms with Gasteiger partial charge in [0.25, 0.3) is 0 Å². The highest BCUT2D eigenvalue weighted by Gasteiger charge is 2.26. The third kappa shape index (κ3) is 5.05. The van der Waals surface area contributed by atoms with Crippen LogP contribution < -0.4 is 5.32 Å². The lowest BCUT2D eigenvalue weighted by Crippen LogP contribution is -2.48. The van der Waals surface area contributed by atoms with E-state index >= 15 is 0 Å². The summed E-state index contributed by atoms with van der Waals surface area (Å²) in [4.78, 5) is 12.1. The van der Waals surface area contributed by atoms with Crippen molar-refractivity contribution in [3.8, 4) is 11.3 Å². The van der Waals surface area contributed by atoms with Gasteiger partial charge in [0.2, 0.25) is 15.9 Å². The van der Waals surface area contributed by atoms with Gasteiger partial charge in [-0.05, 0) is 43.2 Å². The molecule has 3 rings (SSSR count). The number of piperidine rings is 1. The lowest BCUT2D eigenvalue weighted by atomic mass is 10.1. The zero-order valence-corrected chi connectivity index (χ0v) is 15.7. The Bertz CT molecular complexity index is 952. The number of nitrogens with zero attached hydrogens (tertiary/aromatic N) is 1. The zero-order valence-electron chi connectivity index (χ0n) is 14.9. The summed E-state index contributed by atoms with van der Waals surface area (Å²) in [6, 6.07) is 9.35. The van der Waals surface area contributed by atoms with Crippen molar-refractivity contribution < 1.29 is 22.0 Å². The van der Waals surface area contributed by atoms with Crippen LogP contribution >= 0.6 is 0 Å². The summed E-state index contributed by atoms with van der Waals surface area (Å²) in [5, 5.41) is 2.81. The monoisotopic (exact) mass is 392 g/mol. The first kappa shape index (κ1) is 19.3. The third-order valence-electron chi connectivity index (χ3n) is 4.36. The first-order valence-electron chi connectivity index (χ1n) is 8.61. The maximum absolute atomic E-state index is 13.8. The molecule has 8 heteroatoms. The maximum atomic E-state index is 13.8. The predicted octanol–water partition coefficient (Wildman–Crippen LogP) is 2.64. The largest absolute Gasteiger partial charge is 0.457 e. The standard InChI is InChI=1S/C19H21FN2O4S/c1-27(24,25)22-12-4-5-14(13-22)21-19(23)11-9-15-8-10-18(26-15)16-6-2-3-7-17(16)20/h2-3,6-11,14H,4-5,12-13H2,1H3,(H,21,23).